The molecule has 0 unspecified atom stereocenters. The first-order valence-corrected chi connectivity index (χ1v) is 8.54. The van der Waals surface area contributed by atoms with Gasteiger partial charge in [0.25, 0.3) is 0 Å². The van der Waals surface area contributed by atoms with E-state index in [1.165, 1.54) is 6.07 Å². The lowest BCUT2D eigenvalue weighted by molar-refractivity contribution is -0.122. The number of rotatable bonds is 7. The molecule has 130 valence electrons. The van der Waals surface area contributed by atoms with Gasteiger partial charge in [0.15, 0.2) is 5.78 Å². The highest BCUT2D eigenvalue weighted by atomic mass is 35.5. The minimum atomic E-state index is -0.378. The lowest BCUT2D eigenvalue weighted by Gasteiger charge is -2.07. The third-order valence-corrected chi connectivity index (χ3v) is 4.17. The van der Waals surface area contributed by atoms with Crippen LogP contribution < -0.4 is 5.32 Å². The second-order valence-corrected chi connectivity index (χ2v) is 6.60. The summed E-state index contributed by atoms with van der Waals surface area (Å²) >= 11 is 17.6. The van der Waals surface area contributed by atoms with Crippen LogP contribution in [0.15, 0.2) is 42.5 Å². The average molecular weight is 399 g/mol. The zero-order valence-corrected chi connectivity index (χ0v) is 15.3. The molecule has 0 saturated carbocycles. The Morgan fingerprint density at radius 3 is 2.16 bits per heavy atom. The first-order valence-electron chi connectivity index (χ1n) is 7.40. The third-order valence-electron chi connectivity index (χ3n) is 3.36. The van der Waals surface area contributed by atoms with Gasteiger partial charge >= 0.3 is 0 Å². The SMILES string of the molecule is O=C(CCC(=O)Nc1cc(Cl)ccc1Cl)CC(=O)c1ccc(Cl)cc1. The van der Waals surface area contributed by atoms with Crippen LogP contribution in [-0.2, 0) is 9.59 Å². The normalized spacial score (nSPS) is 10.4. The molecule has 0 atom stereocenters. The number of amides is 1. The maximum atomic E-state index is 12.0. The Bertz CT molecular complexity index is 804. The van der Waals surface area contributed by atoms with E-state index in [4.69, 9.17) is 34.8 Å². The van der Waals surface area contributed by atoms with Crippen LogP contribution in [0, 0.1) is 0 Å². The van der Waals surface area contributed by atoms with Crippen LogP contribution >= 0.6 is 34.8 Å². The average Bonchev–Trinajstić information content (AvgIpc) is 2.57. The molecule has 0 radical (unpaired) electrons. The van der Waals surface area contributed by atoms with Crippen molar-refractivity contribution < 1.29 is 14.4 Å². The molecule has 0 saturated heterocycles. The maximum Gasteiger partial charge on any atom is 0.224 e. The highest BCUT2D eigenvalue weighted by Gasteiger charge is 2.14. The summed E-state index contributed by atoms with van der Waals surface area (Å²) in [6.07, 6.45) is -0.342. The first kappa shape index (κ1) is 19.4. The number of halogens is 3. The van der Waals surface area contributed by atoms with Gasteiger partial charge in [-0.3, -0.25) is 14.4 Å². The van der Waals surface area contributed by atoms with E-state index in [9.17, 15) is 14.4 Å². The number of hydrogen-bond acceptors (Lipinski definition) is 3. The Kier molecular flexibility index (Phi) is 7.00. The fraction of sp³-hybridized carbons (Fsp3) is 0.167. The van der Waals surface area contributed by atoms with Crippen molar-refractivity contribution in [3.8, 4) is 0 Å². The zero-order valence-electron chi connectivity index (χ0n) is 13.0. The lowest BCUT2D eigenvalue weighted by atomic mass is 10.0. The first-order chi connectivity index (χ1) is 11.8. The second-order valence-electron chi connectivity index (χ2n) is 5.32. The lowest BCUT2D eigenvalue weighted by Crippen LogP contribution is -2.15. The highest BCUT2D eigenvalue weighted by Crippen LogP contribution is 2.25. The van der Waals surface area contributed by atoms with Gasteiger partial charge in [-0.25, -0.2) is 0 Å². The van der Waals surface area contributed by atoms with Crippen LogP contribution in [0.25, 0.3) is 0 Å². The standard InChI is InChI=1S/C18H14Cl3NO3/c19-12-3-1-11(2-4-12)17(24)10-14(23)6-8-18(25)22-16-9-13(20)5-7-15(16)21/h1-5,7,9H,6,8,10H2,(H,22,25). The Morgan fingerprint density at radius 2 is 1.48 bits per heavy atom. The van der Waals surface area contributed by atoms with Crippen molar-refractivity contribution in [2.24, 2.45) is 0 Å². The molecule has 2 rings (SSSR count). The van der Waals surface area contributed by atoms with Crippen molar-refractivity contribution in [3.05, 3.63) is 63.1 Å². The van der Waals surface area contributed by atoms with E-state index in [1.807, 2.05) is 0 Å². The highest BCUT2D eigenvalue weighted by molar-refractivity contribution is 6.35. The Balaban J connectivity index is 1.83. The topological polar surface area (TPSA) is 63.2 Å². The van der Waals surface area contributed by atoms with E-state index in [2.05, 4.69) is 5.32 Å². The van der Waals surface area contributed by atoms with Crippen LogP contribution in [-0.4, -0.2) is 17.5 Å². The molecular formula is C18H14Cl3NO3. The van der Waals surface area contributed by atoms with Crippen molar-refractivity contribution in [2.45, 2.75) is 19.3 Å². The smallest absolute Gasteiger partial charge is 0.224 e. The predicted molar refractivity (Wildman–Crippen MR) is 99.7 cm³/mol. The molecule has 1 N–H and O–H groups in total. The van der Waals surface area contributed by atoms with Gasteiger partial charge in [0.05, 0.1) is 17.1 Å². The minimum Gasteiger partial charge on any atom is -0.325 e. The van der Waals surface area contributed by atoms with Gasteiger partial charge in [-0.2, -0.15) is 0 Å². The second kappa shape index (κ2) is 8.99. The summed E-state index contributed by atoms with van der Waals surface area (Å²) in [6, 6.07) is 11.0. The molecule has 2 aromatic carbocycles. The van der Waals surface area contributed by atoms with Crippen molar-refractivity contribution in [3.63, 3.8) is 0 Å². The van der Waals surface area contributed by atoms with Gasteiger partial charge in [0, 0.05) is 28.5 Å². The summed E-state index contributed by atoms with van der Waals surface area (Å²) in [5.74, 6) is -0.997. The molecule has 0 heterocycles. The summed E-state index contributed by atoms with van der Waals surface area (Å²) < 4.78 is 0. The number of Topliss-reactive ketones (excluding diaryl/α,β-unsaturated/α-hetero) is 2. The molecule has 0 spiro atoms. The maximum absolute atomic E-state index is 12.0. The number of carbonyl (C=O) groups excluding carboxylic acids is 3. The van der Waals surface area contributed by atoms with Gasteiger partial charge in [-0.1, -0.05) is 34.8 Å². The molecule has 0 aliphatic rings. The van der Waals surface area contributed by atoms with E-state index in [0.717, 1.165) is 0 Å². The quantitative estimate of drug-likeness (QED) is 0.514. The molecule has 0 aromatic heterocycles. The minimum absolute atomic E-state index is 0.0383. The number of nitrogens with one attached hydrogen (secondary N) is 1. The van der Waals surface area contributed by atoms with Gasteiger partial charge in [0.2, 0.25) is 5.91 Å². The third kappa shape index (κ3) is 6.16. The van der Waals surface area contributed by atoms with E-state index < -0.39 is 0 Å². The van der Waals surface area contributed by atoms with Crippen molar-refractivity contribution in [2.75, 3.05) is 5.32 Å². The van der Waals surface area contributed by atoms with E-state index >= 15 is 0 Å². The van der Waals surface area contributed by atoms with Crippen LogP contribution in [0.1, 0.15) is 29.6 Å². The van der Waals surface area contributed by atoms with Gasteiger partial charge in [-0.15, -0.1) is 0 Å². The number of benzene rings is 2. The summed E-state index contributed by atoms with van der Waals surface area (Å²) in [6.45, 7) is 0. The van der Waals surface area contributed by atoms with Crippen LogP contribution in [0.4, 0.5) is 5.69 Å². The molecule has 2 aromatic rings. The summed E-state index contributed by atoms with van der Waals surface area (Å²) in [4.78, 5) is 35.8. The Hall–Kier alpha value is -1.88. The molecule has 0 aliphatic carbocycles. The Labute approximate surface area is 160 Å². The Morgan fingerprint density at radius 1 is 0.840 bits per heavy atom. The van der Waals surface area contributed by atoms with Gasteiger partial charge in [0.1, 0.15) is 5.78 Å². The molecule has 0 aliphatic heterocycles. The summed E-state index contributed by atoms with van der Waals surface area (Å²) in [5.41, 5.74) is 0.789. The van der Waals surface area contributed by atoms with Crippen molar-refractivity contribution in [1.29, 1.82) is 0 Å². The predicted octanol–water partition coefficient (Wildman–Crippen LogP) is 5.21. The van der Waals surface area contributed by atoms with E-state index in [-0.39, 0.29) is 36.7 Å². The molecule has 4 nitrogen and oxygen atoms in total. The number of ketones is 2. The van der Waals surface area contributed by atoms with Crippen molar-refractivity contribution >= 4 is 58.0 Å². The fourth-order valence-corrected chi connectivity index (χ4v) is 2.53. The van der Waals surface area contributed by atoms with E-state index in [0.29, 0.717) is 26.3 Å². The van der Waals surface area contributed by atoms with Crippen LogP contribution in [0.5, 0.6) is 0 Å². The molecule has 7 heteroatoms. The monoisotopic (exact) mass is 397 g/mol. The van der Waals surface area contributed by atoms with Gasteiger partial charge in [-0.05, 0) is 42.5 Å². The summed E-state index contributed by atoms with van der Waals surface area (Å²) in [5, 5.41) is 3.89. The molecular weight excluding hydrogens is 385 g/mol. The molecule has 0 fully saturated rings. The van der Waals surface area contributed by atoms with Crippen LogP contribution in [0.3, 0.4) is 0 Å². The van der Waals surface area contributed by atoms with E-state index in [1.54, 1.807) is 36.4 Å². The van der Waals surface area contributed by atoms with Crippen LogP contribution in [0.2, 0.25) is 15.1 Å². The number of carbonyl (C=O) groups is 3. The zero-order chi connectivity index (χ0) is 18.4. The van der Waals surface area contributed by atoms with Gasteiger partial charge < -0.3 is 5.32 Å². The largest absolute Gasteiger partial charge is 0.325 e. The fourth-order valence-electron chi connectivity index (χ4n) is 2.06. The summed E-state index contributed by atoms with van der Waals surface area (Å²) in [7, 11) is 0. The van der Waals surface area contributed by atoms with Crippen molar-refractivity contribution in [1.82, 2.24) is 0 Å². The molecule has 0 bridgehead atoms. The molecule has 1 amide bonds. The number of anilines is 1. The number of hydrogen-bond donors (Lipinski definition) is 1. The molecule has 25 heavy (non-hydrogen) atoms.